The Kier molecular flexibility index (Phi) is 6.15. The van der Waals surface area contributed by atoms with E-state index in [4.69, 9.17) is 9.47 Å². The molecule has 2 aromatic carbocycles. The van der Waals surface area contributed by atoms with Gasteiger partial charge >= 0.3 is 5.97 Å². The second-order valence-corrected chi connectivity index (χ2v) is 5.24. The highest BCUT2D eigenvalue weighted by Crippen LogP contribution is 2.23. The first-order valence-corrected chi connectivity index (χ1v) is 7.65. The predicted octanol–water partition coefficient (Wildman–Crippen LogP) is 1.41. The van der Waals surface area contributed by atoms with Crippen molar-refractivity contribution in [3.63, 3.8) is 0 Å². The fourth-order valence-electron chi connectivity index (χ4n) is 1.96. The van der Waals surface area contributed by atoms with Crippen LogP contribution in [0.3, 0.4) is 0 Å². The Bertz CT molecular complexity index is 807. The summed E-state index contributed by atoms with van der Waals surface area (Å²) in [5, 5.41) is 9.74. The van der Waals surface area contributed by atoms with E-state index in [9.17, 15) is 19.5 Å². The van der Waals surface area contributed by atoms with Crippen molar-refractivity contribution < 1.29 is 29.0 Å². The van der Waals surface area contributed by atoms with Gasteiger partial charge < -0.3 is 14.6 Å². The topological polar surface area (TPSA) is 114 Å². The number of aromatic hydroxyl groups is 1. The lowest BCUT2D eigenvalue weighted by atomic mass is 10.2. The molecular formula is C18H18N2O6. The van der Waals surface area contributed by atoms with Crippen molar-refractivity contribution in [2.75, 3.05) is 7.11 Å². The summed E-state index contributed by atoms with van der Waals surface area (Å²) < 4.78 is 9.97. The number of hydrogen-bond donors (Lipinski definition) is 3. The van der Waals surface area contributed by atoms with Gasteiger partial charge in [0.1, 0.15) is 17.1 Å². The van der Waals surface area contributed by atoms with Gasteiger partial charge in [-0.15, -0.1) is 0 Å². The molecule has 0 saturated heterocycles. The van der Waals surface area contributed by atoms with Crippen LogP contribution in [-0.4, -0.2) is 36.1 Å². The summed E-state index contributed by atoms with van der Waals surface area (Å²) in [6.07, 6.45) is -1.20. The van der Waals surface area contributed by atoms with Crippen LogP contribution in [0.4, 0.5) is 0 Å². The van der Waals surface area contributed by atoms with E-state index in [2.05, 4.69) is 10.9 Å². The number of hydrogen-bond acceptors (Lipinski definition) is 6. The van der Waals surface area contributed by atoms with E-state index in [1.807, 2.05) is 0 Å². The minimum absolute atomic E-state index is 0.141. The van der Waals surface area contributed by atoms with Crippen molar-refractivity contribution in [2.24, 2.45) is 0 Å². The van der Waals surface area contributed by atoms with Gasteiger partial charge in [0.15, 0.2) is 6.10 Å². The molecule has 1 atom stereocenters. The molecule has 0 unspecified atom stereocenters. The first-order valence-electron chi connectivity index (χ1n) is 7.65. The van der Waals surface area contributed by atoms with Gasteiger partial charge in [0.05, 0.1) is 7.11 Å². The van der Waals surface area contributed by atoms with Crippen LogP contribution in [0.1, 0.15) is 27.6 Å². The molecule has 0 bridgehead atoms. The van der Waals surface area contributed by atoms with Crippen LogP contribution in [0.15, 0.2) is 48.5 Å². The quantitative estimate of drug-likeness (QED) is 0.550. The van der Waals surface area contributed by atoms with E-state index in [1.54, 1.807) is 30.3 Å². The smallest absolute Gasteiger partial charge is 0.342 e. The van der Waals surface area contributed by atoms with Gasteiger partial charge in [0.25, 0.3) is 11.8 Å². The Hall–Kier alpha value is -3.55. The summed E-state index contributed by atoms with van der Waals surface area (Å²) in [5.74, 6) is -2.10. The number of rotatable bonds is 5. The van der Waals surface area contributed by atoms with Crippen LogP contribution in [0, 0.1) is 0 Å². The van der Waals surface area contributed by atoms with Gasteiger partial charge in [0, 0.05) is 5.56 Å². The van der Waals surface area contributed by atoms with Crippen LogP contribution in [-0.2, 0) is 9.53 Å². The maximum Gasteiger partial charge on any atom is 0.342 e. The molecule has 26 heavy (non-hydrogen) atoms. The summed E-state index contributed by atoms with van der Waals surface area (Å²) >= 11 is 0. The predicted molar refractivity (Wildman–Crippen MR) is 91.6 cm³/mol. The van der Waals surface area contributed by atoms with Crippen LogP contribution >= 0.6 is 0 Å². The third-order valence-corrected chi connectivity index (χ3v) is 3.41. The number of carbonyl (C=O) groups excluding carboxylic acids is 3. The van der Waals surface area contributed by atoms with Gasteiger partial charge in [0.2, 0.25) is 0 Å². The standard InChI is InChI=1S/C18H18N2O6/c1-11(16(22)19-20-17(23)12-6-4-3-5-7-12)26-18(24)14-10-13(25-2)8-9-15(14)21/h3-11,21H,1-2H3,(H,19,22)(H,20,23)/t11-/m0/s1. The number of phenols is 1. The molecule has 0 aliphatic heterocycles. The van der Waals surface area contributed by atoms with Crippen molar-refractivity contribution in [1.82, 2.24) is 10.9 Å². The van der Waals surface area contributed by atoms with Crippen LogP contribution in [0.2, 0.25) is 0 Å². The fourth-order valence-corrected chi connectivity index (χ4v) is 1.96. The van der Waals surface area contributed by atoms with Crippen LogP contribution in [0.25, 0.3) is 0 Å². The molecule has 2 amide bonds. The third-order valence-electron chi connectivity index (χ3n) is 3.41. The van der Waals surface area contributed by atoms with Gasteiger partial charge in [-0.2, -0.15) is 0 Å². The maximum atomic E-state index is 12.1. The van der Waals surface area contributed by atoms with E-state index >= 15 is 0 Å². The zero-order valence-electron chi connectivity index (χ0n) is 14.2. The minimum Gasteiger partial charge on any atom is -0.507 e. The largest absolute Gasteiger partial charge is 0.507 e. The Morgan fingerprint density at radius 3 is 2.38 bits per heavy atom. The average molecular weight is 358 g/mol. The molecule has 0 aliphatic rings. The lowest BCUT2D eigenvalue weighted by molar-refractivity contribution is -0.129. The number of hydrazine groups is 1. The molecule has 0 radical (unpaired) electrons. The minimum atomic E-state index is -1.20. The van der Waals surface area contributed by atoms with Crippen molar-refractivity contribution in [2.45, 2.75) is 13.0 Å². The first-order chi connectivity index (χ1) is 12.4. The highest BCUT2D eigenvalue weighted by molar-refractivity contribution is 5.97. The molecule has 8 nitrogen and oxygen atoms in total. The number of carbonyl (C=O) groups is 3. The Balaban J connectivity index is 1.92. The molecule has 0 aromatic heterocycles. The van der Waals surface area contributed by atoms with Crippen molar-refractivity contribution in [3.05, 3.63) is 59.7 Å². The van der Waals surface area contributed by atoms with Crippen LogP contribution in [0.5, 0.6) is 11.5 Å². The second-order valence-electron chi connectivity index (χ2n) is 5.24. The molecule has 0 aliphatic carbocycles. The Labute approximate surface area is 149 Å². The normalized spacial score (nSPS) is 11.2. The SMILES string of the molecule is COc1ccc(O)c(C(=O)O[C@@H](C)C(=O)NNC(=O)c2ccccc2)c1. The molecular weight excluding hydrogens is 340 g/mol. The van der Waals surface area contributed by atoms with Crippen molar-refractivity contribution >= 4 is 17.8 Å². The highest BCUT2D eigenvalue weighted by Gasteiger charge is 2.22. The summed E-state index contributed by atoms with van der Waals surface area (Å²) in [6.45, 7) is 1.33. The molecule has 136 valence electrons. The van der Waals surface area contributed by atoms with E-state index < -0.39 is 23.9 Å². The summed E-state index contributed by atoms with van der Waals surface area (Å²) in [6, 6.07) is 12.3. The second kappa shape index (κ2) is 8.52. The molecule has 8 heteroatoms. The number of nitrogens with one attached hydrogen (secondary N) is 2. The Morgan fingerprint density at radius 2 is 1.73 bits per heavy atom. The van der Waals surface area contributed by atoms with Gasteiger partial charge in [-0.05, 0) is 37.3 Å². The number of ether oxygens (including phenoxy) is 2. The van der Waals surface area contributed by atoms with E-state index in [1.165, 1.54) is 32.2 Å². The molecule has 0 fully saturated rings. The summed E-state index contributed by atoms with van der Waals surface area (Å²) in [7, 11) is 1.41. The number of phenolic OH excluding ortho intramolecular Hbond substituents is 1. The number of benzene rings is 2. The Morgan fingerprint density at radius 1 is 1.04 bits per heavy atom. The average Bonchev–Trinajstić information content (AvgIpc) is 2.66. The lowest BCUT2D eigenvalue weighted by Crippen LogP contribution is -2.46. The van der Waals surface area contributed by atoms with E-state index in [-0.39, 0.29) is 11.3 Å². The first kappa shape index (κ1) is 18.8. The van der Waals surface area contributed by atoms with Gasteiger partial charge in [-0.1, -0.05) is 18.2 Å². The number of methoxy groups -OCH3 is 1. The van der Waals surface area contributed by atoms with E-state index in [0.29, 0.717) is 11.3 Å². The fraction of sp³-hybridized carbons (Fsp3) is 0.167. The monoisotopic (exact) mass is 358 g/mol. The zero-order chi connectivity index (χ0) is 19.1. The third kappa shape index (κ3) is 4.73. The molecule has 0 spiro atoms. The van der Waals surface area contributed by atoms with Gasteiger partial charge in [-0.3, -0.25) is 20.4 Å². The van der Waals surface area contributed by atoms with Crippen molar-refractivity contribution in [3.8, 4) is 11.5 Å². The summed E-state index contributed by atoms with van der Waals surface area (Å²) in [5.41, 5.74) is 4.61. The van der Waals surface area contributed by atoms with Crippen molar-refractivity contribution in [1.29, 1.82) is 0 Å². The summed E-state index contributed by atoms with van der Waals surface area (Å²) in [4.78, 5) is 35.9. The zero-order valence-corrected chi connectivity index (χ0v) is 14.2. The maximum absolute atomic E-state index is 12.1. The van der Waals surface area contributed by atoms with E-state index in [0.717, 1.165) is 0 Å². The molecule has 2 rings (SSSR count). The molecule has 0 saturated carbocycles. The highest BCUT2D eigenvalue weighted by atomic mass is 16.5. The molecule has 2 aromatic rings. The molecule has 3 N–H and O–H groups in total. The van der Waals surface area contributed by atoms with Gasteiger partial charge in [-0.25, -0.2) is 4.79 Å². The lowest BCUT2D eigenvalue weighted by Gasteiger charge is -2.15. The number of amides is 2. The number of esters is 1. The molecule has 0 heterocycles. The van der Waals surface area contributed by atoms with Crippen LogP contribution < -0.4 is 15.6 Å².